The van der Waals surface area contributed by atoms with Crippen LogP contribution >= 0.6 is 11.6 Å². The first-order valence-electron chi connectivity index (χ1n) is 8.38. The molecule has 3 aromatic rings. The Bertz CT molecular complexity index is 981. The van der Waals surface area contributed by atoms with Crippen LogP contribution in [-0.2, 0) is 11.5 Å². The molecular weight excluding hydrogens is 368 g/mol. The summed E-state index contributed by atoms with van der Waals surface area (Å²) in [6, 6.07) is 14.1. The van der Waals surface area contributed by atoms with Crippen molar-refractivity contribution in [2.24, 2.45) is 10.2 Å². The van der Waals surface area contributed by atoms with Crippen molar-refractivity contribution in [2.75, 3.05) is 20.7 Å². The number of ether oxygens (including phenoxy) is 1. The Labute approximate surface area is 161 Å². The average molecular weight is 388 g/mol. The number of halogens is 1. The number of rotatable bonds is 6. The molecule has 1 amide bonds. The second kappa shape index (κ2) is 8.20. The minimum atomic E-state index is -0.556. The average Bonchev–Trinajstić information content (AvgIpc) is 2.91. The second-order valence-electron chi connectivity index (χ2n) is 6.32. The highest BCUT2D eigenvalue weighted by Gasteiger charge is 2.18. The maximum Gasteiger partial charge on any atom is 0.302 e. The number of benzene rings is 2. The van der Waals surface area contributed by atoms with Crippen molar-refractivity contribution >= 4 is 34.1 Å². The summed E-state index contributed by atoms with van der Waals surface area (Å²) < 4.78 is 7.10. The normalized spacial score (nSPS) is 11.6. The number of aromatic hydroxyl groups is 1. The lowest BCUT2D eigenvalue weighted by atomic mass is 10.2. The van der Waals surface area contributed by atoms with Crippen LogP contribution in [0, 0.1) is 0 Å². The fourth-order valence-electron chi connectivity index (χ4n) is 2.66. The van der Waals surface area contributed by atoms with Crippen molar-refractivity contribution in [1.29, 1.82) is 0 Å². The number of hydrogen-bond donors (Lipinski definition) is 2. The summed E-state index contributed by atoms with van der Waals surface area (Å²) in [5.41, 5.74) is 1.10. The molecule has 0 saturated carbocycles. The van der Waals surface area contributed by atoms with Crippen molar-refractivity contribution in [3.05, 3.63) is 53.6 Å². The van der Waals surface area contributed by atoms with Crippen LogP contribution in [0.5, 0.6) is 11.6 Å². The number of quaternary nitrogens is 1. The Kier molecular flexibility index (Phi) is 5.73. The van der Waals surface area contributed by atoms with Gasteiger partial charge in [0.2, 0.25) is 5.88 Å². The van der Waals surface area contributed by atoms with Gasteiger partial charge in [-0.15, -0.1) is 10.2 Å². The van der Waals surface area contributed by atoms with E-state index in [4.69, 9.17) is 16.3 Å². The molecule has 0 unspecified atom stereocenters. The number of azo groups is 1. The van der Waals surface area contributed by atoms with Crippen LogP contribution in [0.2, 0.25) is 5.02 Å². The first-order chi connectivity index (χ1) is 13.0. The zero-order chi connectivity index (χ0) is 19.4. The Balaban J connectivity index is 1.78. The van der Waals surface area contributed by atoms with Gasteiger partial charge in [-0.05, 0) is 30.3 Å². The second-order valence-corrected chi connectivity index (χ2v) is 6.76. The lowest BCUT2D eigenvalue weighted by Gasteiger charge is -2.10. The van der Waals surface area contributed by atoms with Gasteiger partial charge in [0.05, 0.1) is 19.6 Å². The summed E-state index contributed by atoms with van der Waals surface area (Å²) in [5, 5.41) is 19.5. The van der Waals surface area contributed by atoms with Crippen LogP contribution in [0.4, 0.5) is 5.69 Å². The van der Waals surface area contributed by atoms with Crippen LogP contribution in [0.1, 0.15) is 0 Å². The molecule has 1 aromatic heterocycles. The van der Waals surface area contributed by atoms with Gasteiger partial charge >= 0.3 is 5.91 Å². The molecule has 2 aromatic carbocycles. The summed E-state index contributed by atoms with van der Waals surface area (Å²) in [5.74, 6) is -0.0663. The lowest BCUT2D eigenvalue weighted by molar-refractivity contribution is -0.882. The van der Waals surface area contributed by atoms with Crippen LogP contribution < -0.4 is 9.64 Å². The predicted octanol–water partition coefficient (Wildman–Crippen LogP) is 2.79. The van der Waals surface area contributed by atoms with Gasteiger partial charge in [0.15, 0.2) is 19.0 Å². The minimum Gasteiger partial charge on any atom is -0.493 e. The van der Waals surface area contributed by atoms with E-state index in [9.17, 15) is 9.90 Å². The fraction of sp³-hybridized carbons (Fsp3) is 0.211. The summed E-state index contributed by atoms with van der Waals surface area (Å²) in [6.45, 7) is 0.294. The van der Waals surface area contributed by atoms with Gasteiger partial charge in [-0.25, -0.2) is 0 Å². The highest BCUT2D eigenvalue weighted by Crippen LogP contribution is 2.38. The van der Waals surface area contributed by atoms with E-state index in [1.807, 2.05) is 38.4 Å². The Morgan fingerprint density at radius 1 is 1.19 bits per heavy atom. The SMILES string of the molecule is C[NH+](C)Cn1c(O)c(N=NC(=O)COc2ccc(Cl)cc2)c2ccccc21. The number of fused-ring (bicyclic) bond motifs is 1. The van der Waals surface area contributed by atoms with Crippen LogP contribution in [0.3, 0.4) is 0 Å². The molecule has 0 atom stereocenters. The van der Waals surface area contributed by atoms with Gasteiger partial charge in [0.1, 0.15) is 5.75 Å². The molecule has 2 N–H and O–H groups in total. The van der Waals surface area contributed by atoms with E-state index in [0.717, 1.165) is 15.8 Å². The highest BCUT2D eigenvalue weighted by atomic mass is 35.5. The number of hydrogen-bond acceptors (Lipinski definition) is 4. The predicted molar refractivity (Wildman–Crippen MR) is 103 cm³/mol. The molecule has 0 aliphatic heterocycles. The van der Waals surface area contributed by atoms with Gasteiger partial charge < -0.3 is 14.7 Å². The first kappa shape index (κ1) is 18.9. The van der Waals surface area contributed by atoms with Crippen molar-refractivity contribution in [3.8, 4) is 11.6 Å². The van der Waals surface area contributed by atoms with Gasteiger partial charge in [-0.3, -0.25) is 9.36 Å². The maximum absolute atomic E-state index is 12.0. The third-order valence-electron chi connectivity index (χ3n) is 3.83. The largest absolute Gasteiger partial charge is 0.493 e. The summed E-state index contributed by atoms with van der Waals surface area (Å²) in [4.78, 5) is 13.1. The zero-order valence-corrected chi connectivity index (χ0v) is 15.8. The molecule has 140 valence electrons. The summed E-state index contributed by atoms with van der Waals surface area (Å²) >= 11 is 5.80. The molecule has 0 radical (unpaired) electrons. The first-order valence-corrected chi connectivity index (χ1v) is 8.75. The molecule has 0 aliphatic rings. The fourth-order valence-corrected chi connectivity index (χ4v) is 2.78. The molecule has 0 bridgehead atoms. The van der Waals surface area contributed by atoms with E-state index in [0.29, 0.717) is 17.4 Å². The summed E-state index contributed by atoms with van der Waals surface area (Å²) in [7, 11) is 3.96. The maximum atomic E-state index is 12.0. The molecule has 27 heavy (non-hydrogen) atoms. The standard InChI is InChI=1S/C19H19ClN4O3/c1-23(2)12-24-16-6-4-3-5-15(16)18(19(24)26)22-21-17(25)11-27-14-9-7-13(20)8-10-14/h3-10,26H,11-12H2,1-2H3/p+1. The minimum absolute atomic E-state index is 0.0208. The number of para-hydroxylation sites is 1. The number of amides is 1. The Morgan fingerprint density at radius 2 is 1.89 bits per heavy atom. The third kappa shape index (κ3) is 4.45. The molecule has 0 spiro atoms. The molecule has 0 fully saturated rings. The highest BCUT2D eigenvalue weighted by molar-refractivity contribution is 6.30. The molecule has 0 saturated heterocycles. The monoisotopic (exact) mass is 387 g/mol. The molecule has 1 heterocycles. The van der Waals surface area contributed by atoms with Crippen molar-refractivity contribution in [1.82, 2.24) is 4.57 Å². The zero-order valence-electron chi connectivity index (χ0n) is 15.0. The van der Waals surface area contributed by atoms with Crippen molar-refractivity contribution in [2.45, 2.75) is 6.67 Å². The number of nitrogens with one attached hydrogen (secondary N) is 1. The van der Waals surface area contributed by atoms with E-state index in [2.05, 4.69) is 10.2 Å². The molecule has 3 rings (SSSR count). The number of aromatic nitrogens is 1. The smallest absolute Gasteiger partial charge is 0.302 e. The topological polar surface area (TPSA) is 80.6 Å². The van der Waals surface area contributed by atoms with E-state index in [1.165, 1.54) is 0 Å². The van der Waals surface area contributed by atoms with Crippen molar-refractivity contribution < 1.29 is 19.5 Å². The molecule has 8 heteroatoms. The van der Waals surface area contributed by atoms with E-state index < -0.39 is 5.91 Å². The Hall–Kier alpha value is -2.90. The molecule has 7 nitrogen and oxygen atoms in total. The van der Waals surface area contributed by atoms with Gasteiger partial charge in [0, 0.05) is 10.4 Å². The van der Waals surface area contributed by atoms with Crippen molar-refractivity contribution in [3.63, 3.8) is 0 Å². The van der Waals surface area contributed by atoms with Gasteiger partial charge in [-0.1, -0.05) is 29.8 Å². The van der Waals surface area contributed by atoms with Gasteiger partial charge in [-0.2, -0.15) is 0 Å². The lowest BCUT2D eigenvalue weighted by Crippen LogP contribution is -3.04. The summed E-state index contributed by atoms with van der Waals surface area (Å²) in [6.07, 6.45) is 0. The van der Waals surface area contributed by atoms with E-state index >= 15 is 0 Å². The number of nitrogens with zero attached hydrogens (tertiary/aromatic N) is 3. The quantitative estimate of drug-likeness (QED) is 0.638. The third-order valence-corrected chi connectivity index (χ3v) is 4.08. The number of carbonyl (C=O) groups is 1. The van der Waals surface area contributed by atoms with E-state index in [1.54, 1.807) is 28.8 Å². The number of carbonyl (C=O) groups excluding carboxylic acids is 1. The molecule has 0 aliphatic carbocycles. The molecular formula is C19H20ClN4O3+. The van der Waals surface area contributed by atoms with Crippen LogP contribution in [0.25, 0.3) is 10.9 Å². The van der Waals surface area contributed by atoms with Gasteiger partial charge in [0.25, 0.3) is 0 Å². The Morgan fingerprint density at radius 3 is 2.59 bits per heavy atom. The van der Waals surface area contributed by atoms with Crippen LogP contribution in [-0.4, -0.2) is 36.3 Å². The van der Waals surface area contributed by atoms with Crippen LogP contribution in [0.15, 0.2) is 58.8 Å². The van der Waals surface area contributed by atoms with E-state index in [-0.39, 0.29) is 18.2 Å².